The Labute approximate surface area is 181 Å². The number of carbonyl (C=O) groups is 4. The third kappa shape index (κ3) is 10.6. The minimum Gasteiger partial charge on any atom is -0.480 e. The van der Waals surface area contributed by atoms with Crippen LogP contribution >= 0.6 is 0 Å². The van der Waals surface area contributed by atoms with E-state index in [4.69, 9.17) is 22.3 Å². The number of hydrogen-bond acceptors (Lipinski definition) is 7. The summed E-state index contributed by atoms with van der Waals surface area (Å²) in [6.45, 7) is 6.17. The predicted octanol–water partition coefficient (Wildman–Crippen LogP) is -3.04. The van der Waals surface area contributed by atoms with Gasteiger partial charge in [-0.05, 0) is 32.6 Å². The number of amides is 3. The van der Waals surface area contributed by atoms with Crippen LogP contribution in [0.25, 0.3) is 0 Å². The van der Waals surface area contributed by atoms with E-state index in [-0.39, 0.29) is 18.9 Å². The smallest absolute Gasteiger partial charge is 0.325 e. The average Bonchev–Trinajstić information content (AvgIpc) is 2.65. The normalized spacial score (nSPS) is 15.7. The van der Waals surface area contributed by atoms with Crippen molar-refractivity contribution in [2.75, 3.05) is 6.54 Å². The number of nitrogens with one attached hydrogen (secondary N) is 3. The van der Waals surface area contributed by atoms with Gasteiger partial charge in [0.25, 0.3) is 0 Å². The molecule has 0 bridgehead atoms. The summed E-state index contributed by atoms with van der Waals surface area (Å²) in [4.78, 5) is 52.0. The van der Waals surface area contributed by atoms with Crippen LogP contribution in [0.15, 0.2) is 4.99 Å². The first-order valence-corrected chi connectivity index (χ1v) is 9.90. The molecule has 0 aliphatic heterocycles. The van der Waals surface area contributed by atoms with Crippen molar-refractivity contribution in [2.24, 2.45) is 28.1 Å². The topological polar surface area (TPSA) is 235 Å². The Morgan fingerprint density at radius 1 is 0.903 bits per heavy atom. The van der Waals surface area contributed by atoms with Gasteiger partial charge in [-0.3, -0.25) is 24.2 Å². The molecule has 0 saturated carbocycles. The maximum absolute atomic E-state index is 12.6. The van der Waals surface area contributed by atoms with Crippen molar-refractivity contribution in [1.82, 2.24) is 16.0 Å². The minimum atomic E-state index is -1.37. The summed E-state index contributed by atoms with van der Waals surface area (Å²) in [6.07, 6.45) is -0.623. The molecule has 31 heavy (non-hydrogen) atoms. The number of aliphatic carboxylic acids is 1. The number of carboxylic acids is 1. The fourth-order valence-electron chi connectivity index (χ4n) is 2.46. The maximum atomic E-state index is 12.6. The summed E-state index contributed by atoms with van der Waals surface area (Å²) in [5.74, 6) is -3.89. The van der Waals surface area contributed by atoms with Crippen LogP contribution in [-0.2, 0) is 19.2 Å². The van der Waals surface area contributed by atoms with Crippen LogP contribution in [0, 0.1) is 5.92 Å². The summed E-state index contributed by atoms with van der Waals surface area (Å²) >= 11 is 0. The SMILES string of the molecule is CC(NC(=O)C(NC(=O)C(NC(=O)C(N)CCCN=C(N)N)C(C)O)C(C)C)C(=O)O. The van der Waals surface area contributed by atoms with Crippen LogP contribution in [-0.4, -0.2) is 76.7 Å². The van der Waals surface area contributed by atoms with E-state index in [0.29, 0.717) is 6.42 Å². The molecule has 0 rings (SSSR count). The predicted molar refractivity (Wildman–Crippen MR) is 114 cm³/mol. The molecule has 13 nitrogen and oxygen atoms in total. The summed E-state index contributed by atoms with van der Waals surface area (Å²) in [5.41, 5.74) is 16.2. The molecule has 178 valence electrons. The van der Waals surface area contributed by atoms with E-state index < -0.39 is 59.9 Å². The van der Waals surface area contributed by atoms with E-state index in [9.17, 15) is 24.3 Å². The lowest BCUT2D eigenvalue weighted by molar-refractivity contribution is -0.142. The van der Waals surface area contributed by atoms with E-state index in [2.05, 4.69) is 20.9 Å². The second-order valence-electron chi connectivity index (χ2n) is 7.58. The maximum Gasteiger partial charge on any atom is 0.325 e. The van der Waals surface area contributed by atoms with Gasteiger partial charge in [0.05, 0.1) is 12.1 Å². The van der Waals surface area contributed by atoms with Gasteiger partial charge in [-0.25, -0.2) is 0 Å². The molecule has 13 heteroatoms. The zero-order valence-electron chi connectivity index (χ0n) is 18.3. The van der Waals surface area contributed by atoms with Gasteiger partial charge in [-0.1, -0.05) is 13.8 Å². The molecular weight excluding hydrogens is 410 g/mol. The van der Waals surface area contributed by atoms with Crippen LogP contribution in [0.2, 0.25) is 0 Å². The summed E-state index contributed by atoms with van der Waals surface area (Å²) in [5, 5.41) is 26.0. The highest BCUT2D eigenvalue weighted by atomic mass is 16.4. The molecule has 11 N–H and O–H groups in total. The Kier molecular flexibility index (Phi) is 12.1. The quantitative estimate of drug-likeness (QED) is 0.0815. The second kappa shape index (κ2) is 13.4. The number of nitrogens with two attached hydrogens (primary N) is 3. The highest BCUT2D eigenvalue weighted by Gasteiger charge is 2.32. The lowest BCUT2D eigenvalue weighted by Gasteiger charge is -2.27. The molecular formula is C18H35N7O6. The highest BCUT2D eigenvalue weighted by molar-refractivity contribution is 5.94. The van der Waals surface area contributed by atoms with Crippen LogP contribution in [0.3, 0.4) is 0 Å². The van der Waals surface area contributed by atoms with Gasteiger partial charge in [0.1, 0.15) is 18.1 Å². The minimum absolute atomic E-state index is 0.0784. The van der Waals surface area contributed by atoms with Crippen molar-refractivity contribution in [3.63, 3.8) is 0 Å². The molecule has 3 amide bonds. The van der Waals surface area contributed by atoms with E-state index in [1.165, 1.54) is 13.8 Å². The van der Waals surface area contributed by atoms with Gasteiger partial charge in [0.2, 0.25) is 17.7 Å². The van der Waals surface area contributed by atoms with Crippen molar-refractivity contribution < 1.29 is 29.4 Å². The van der Waals surface area contributed by atoms with Gasteiger partial charge in [-0.2, -0.15) is 0 Å². The Morgan fingerprint density at radius 3 is 1.87 bits per heavy atom. The number of rotatable bonds is 13. The molecule has 0 fully saturated rings. The zero-order valence-corrected chi connectivity index (χ0v) is 18.3. The average molecular weight is 446 g/mol. The van der Waals surface area contributed by atoms with Crippen molar-refractivity contribution in [3.05, 3.63) is 0 Å². The molecule has 0 heterocycles. The monoisotopic (exact) mass is 445 g/mol. The first-order chi connectivity index (χ1) is 14.3. The first kappa shape index (κ1) is 28.1. The van der Waals surface area contributed by atoms with Gasteiger partial charge in [-0.15, -0.1) is 0 Å². The molecule has 0 aliphatic rings. The first-order valence-electron chi connectivity index (χ1n) is 9.90. The third-order valence-electron chi connectivity index (χ3n) is 4.34. The lowest BCUT2D eigenvalue weighted by Crippen LogP contribution is -2.60. The Bertz CT molecular complexity index is 664. The van der Waals surface area contributed by atoms with Gasteiger partial charge >= 0.3 is 5.97 Å². The van der Waals surface area contributed by atoms with Gasteiger partial charge in [0, 0.05) is 6.54 Å². The molecule has 0 aromatic heterocycles. The molecule has 0 aromatic carbocycles. The Hall–Kier alpha value is -2.93. The van der Waals surface area contributed by atoms with Gasteiger partial charge < -0.3 is 43.4 Å². The van der Waals surface area contributed by atoms with E-state index in [1.54, 1.807) is 13.8 Å². The number of guanidine groups is 1. The largest absolute Gasteiger partial charge is 0.480 e. The number of nitrogens with zero attached hydrogens (tertiary/aromatic N) is 1. The fraction of sp³-hybridized carbons (Fsp3) is 0.722. The summed E-state index contributed by atoms with van der Waals surface area (Å²) in [6, 6.07) is -4.58. The van der Waals surface area contributed by atoms with E-state index in [0.717, 1.165) is 0 Å². The number of aliphatic hydroxyl groups is 1. The highest BCUT2D eigenvalue weighted by Crippen LogP contribution is 2.05. The molecule has 5 atom stereocenters. The molecule has 0 saturated heterocycles. The van der Waals surface area contributed by atoms with E-state index >= 15 is 0 Å². The van der Waals surface area contributed by atoms with Gasteiger partial charge in [0.15, 0.2) is 5.96 Å². The van der Waals surface area contributed by atoms with E-state index in [1.807, 2.05) is 0 Å². The number of aliphatic hydroxyl groups excluding tert-OH is 1. The summed E-state index contributed by atoms with van der Waals surface area (Å²) in [7, 11) is 0. The molecule has 0 radical (unpaired) electrons. The number of carboxylic acid groups (broad SMARTS) is 1. The lowest BCUT2D eigenvalue weighted by atomic mass is 10.0. The van der Waals surface area contributed by atoms with Crippen LogP contribution < -0.4 is 33.2 Å². The zero-order chi connectivity index (χ0) is 24.3. The van der Waals surface area contributed by atoms with Crippen molar-refractivity contribution in [2.45, 2.75) is 70.8 Å². The molecule has 0 spiro atoms. The van der Waals surface area contributed by atoms with Crippen LogP contribution in [0.4, 0.5) is 0 Å². The second-order valence-corrected chi connectivity index (χ2v) is 7.58. The van der Waals surface area contributed by atoms with Crippen molar-refractivity contribution in [3.8, 4) is 0 Å². The summed E-state index contributed by atoms with van der Waals surface area (Å²) < 4.78 is 0. The van der Waals surface area contributed by atoms with Crippen molar-refractivity contribution >= 4 is 29.7 Å². The molecule has 0 aromatic rings. The Morgan fingerprint density at radius 2 is 1.42 bits per heavy atom. The van der Waals surface area contributed by atoms with Crippen LogP contribution in [0.1, 0.15) is 40.5 Å². The number of aliphatic imine (C=N–C) groups is 1. The van der Waals surface area contributed by atoms with Crippen molar-refractivity contribution in [1.29, 1.82) is 0 Å². The number of hydrogen-bond donors (Lipinski definition) is 8. The van der Waals surface area contributed by atoms with Crippen LogP contribution in [0.5, 0.6) is 0 Å². The number of carbonyl (C=O) groups excluding carboxylic acids is 3. The molecule has 5 unspecified atom stereocenters. The molecule has 0 aliphatic carbocycles. The standard InChI is InChI=1S/C18H35N7O6/c1-8(2)12(15(28)23-9(3)17(30)31)24-16(29)13(10(4)26)25-14(27)11(19)6-5-7-22-18(20)21/h8-13,26H,5-7,19H2,1-4H3,(H,23,28)(H,24,29)(H,25,27)(H,30,31)(H4,20,21,22). The Balaban J connectivity index is 5.07. The third-order valence-corrected chi connectivity index (χ3v) is 4.34. The fourth-order valence-corrected chi connectivity index (χ4v) is 2.46.